The molecule has 0 heterocycles. The van der Waals surface area contributed by atoms with Gasteiger partial charge in [0.1, 0.15) is 0 Å². The quantitative estimate of drug-likeness (QED) is 0.594. The van der Waals surface area contributed by atoms with Gasteiger partial charge in [0.25, 0.3) is 0 Å². The number of carbonyl (C=O) groups is 2. The van der Waals surface area contributed by atoms with Gasteiger partial charge in [-0.25, -0.2) is 0 Å². The standard InChI is InChI=1S/C7H13NO3S/c1-12-5-4-8-6(9)2-3-7(10)11/h2-5H2,1H3,(H,8,9)(H,10,11). The first-order chi connectivity index (χ1) is 5.66. The summed E-state index contributed by atoms with van der Waals surface area (Å²) in [5.74, 6) is -0.264. The zero-order chi connectivity index (χ0) is 9.40. The highest BCUT2D eigenvalue weighted by Crippen LogP contribution is 1.90. The van der Waals surface area contributed by atoms with E-state index in [0.29, 0.717) is 6.54 Å². The summed E-state index contributed by atoms with van der Waals surface area (Å²) >= 11 is 1.64. The first-order valence-corrected chi connectivity index (χ1v) is 5.03. The van der Waals surface area contributed by atoms with Gasteiger partial charge in [-0.1, -0.05) is 0 Å². The van der Waals surface area contributed by atoms with E-state index in [0.717, 1.165) is 5.75 Å². The second-order valence-corrected chi connectivity index (χ2v) is 3.22. The van der Waals surface area contributed by atoms with Gasteiger partial charge >= 0.3 is 5.97 Å². The molecule has 2 N–H and O–H groups in total. The smallest absolute Gasteiger partial charge is 0.303 e. The van der Waals surface area contributed by atoms with Gasteiger partial charge in [-0.2, -0.15) is 11.8 Å². The van der Waals surface area contributed by atoms with Crippen LogP contribution in [0.4, 0.5) is 0 Å². The van der Waals surface area contributed by atoms with Crippen molar-refractivity contribution in [2.75, 3.05) is 18.6 Å². The minimum absolute atomic E-state index is 0.0731. The maximum atomic E-state index is 10.8. The van der Waals surface area contributed by atoms with Crippen LogP contribution in [0.2, 0.25) is 0 Å². The number of aliphatic carboxylic acids is 1. The summed E-state index contributed by atoms with van der Waals surface area (Å²) in [5, 5.41) is 10.9. The molecule has 0 unspecified atom stereocenters. The Morgan fingerprint density at radius 2 is 2.08 bits per heavy atom. The molecule has 70 valence electrons. The maximum absolute atomic E-state index is 10.8. The number of nitrogens with one attached hydrogen (secondary N) is 1. The van der Waals surface area contributed by atoms with E-state index in [1.54, 1.807) is 11.8 Å². The fraction of sp³-hybridized carbons (Fsp3) is 0.714. The summed E-state index contributed by atoms with van der Waals surface area (Å²) in [6.45, 7) is 0.611. The Morgan fingerprint density at radius 3 is 2.58 bits per heavy atom. The Hall–Kier alpha value is -0.710. The third kappa shape index (κ3) is 7.40. The molecule has 0 aliphatic carbocycles. The molecule has 0 saturated carbocycles. The lowest BCUT2D eigenvalue weighted by Gasteiger charge is -2.01. The number of amides is 1. The molecular weight excluding hydrogens is 178 g/mol. The lowest BCUT2D eigenvalue weighted by atomic mass is 10.3. The maximum Gasteiger partial charge on any atom is 0.303 e. The number of carboxylic acid groups (broad SMARTS) is 1. The molecule has 0 radical (unpaired) electrons. The molecule has 0 aliphatic heterocycles. The van der Waals surface area contributed by atoms with Crippen LogP contribution in [-0.2, 0) is 9.59 Å². The fourth-order valence-electron chi connectivity index (χ4n) is 0.601. The van der Waals surface area contributed by atoms with Gasteiger partial charge in [0, 0.05) is 18.7 Å². The van der Waals surface area contributed by atoms with Crippen molar-refractivity contribution < 1.29 is 14.7 Å². The van der Waals surface area contributed by atoms with Crippen molar-refractivity contribution in [1.29, 1.82) is 0 Å². The monoisotopic (exact) mass is 191 g/mol. The number of carbonyl (C=O) groups excluding carboxylic acids is 1. The molecule has 1 amide bonds. The van der Waals surface area contributed by atoms with E-state index in [2.05, 4.69) is 5.32 Å². The average molecular weight is 191 g/mol. The van der Waals surface area contributed by atoms with Gasteiger partial charge in [-0.05, 0) is 6.26 Å². The number of thioether (sulfide) groups is 1. The molecule has 0 rings (SSSR count). The van der Waals surface area contributed by atoms with E-state index in [1.807, 2.05) is 6.26 Å². The van der Waals surface area contributed by atoms with Gasteiger partial charge in [0.15, 0.2) is 0 Å². The van der Waals surface area contributed by atoms with Gasteiger partial charge < -0.3 is 10.4 Å². The van der Waals surface area contributed by atoms with Crippen molar-refractivity contribution >= 4 is 23.6 Å². The van der Waals surface area contributed by atoms with E-state index >= 15 is 0 Å². The van der Waals surface area contributed by atoms with Crippen LogP contribution >= 0.6 is 11.8 Å². The molecule has 0 atom stereocenters. The highest BCUT2D eigenvalue weighted by atomic mass is 32.2. The molecule has 12 heavy (non-hydrogen) atoms. The van der Waals surface area contributed by atoms with Crippen LogP contribution < -0.4 is 5.32 Å². The summed E-state index contributed by atoms with van der Waals surface area (Å²) in [4.78, 5) is 20.9. The van der Waals surface area contributed by atoms with Crippen LogP contribution in [0.1, 0.15) is 12.8 Å². The zero-order valence-corrected chi connectivity index (χ0v) is 7.82. The van der Waals surface area contributed by atoms with Crippen molar-refractivity contribution in [3.8, 4) is 0 Å². The number of hydrogen-bond donors (Lipinski definition) is 2. The Bertz CT molecular complexity index is 161. The van der Waals surface area contributed by atoms with Crippen molar-refractivity contribution in [2.45, 2.75) is 12.8 Å². The van der Waals surface area contributed by atoms with Crippen LogP contribution in [0.25, 0.3) is 0 Å². The van der Waals surface area contributed by atoms with Crippen LogP contribution in [0.3, 0.4) is 0 Å². The SMILES string of the molecule is CSCCNC(=O)CCC(=O)O. The predicted octanol–water partition coefficient (Wildman–Crippen LogP) is 0.330. The summed E-state index contributed by atoms with van der Waals surface area (Å²) in [5.41, 5.74) is 0. The normalized spacial score (nSPS) is 9.42. The average Bonchev–Trinajstić information content (AvgIpc) is 2.01. The van der Waals surface area contributed by atoms with E-state index in [4.69, 9.17) is 5.11 Å². The minimum Gasteiger partial charge on any atom is -0.481 e. The van der Waals surface area contributed by atoms with Gasteiger partial charge in [0.05, 0.1) is 6.42 Å². The topological polar surface area (TPSA) is 66.4 Å². The van der Waals surface area contributed by atoms with Crippen molar-refractivity contribution in [3.05, 3.63) is 0 Å². The molecular formula is C7H13NO3S. The summed E-state index contributed by atoms with van der Waals surface area (Å²) < 4.78 is 0. The molecule has 0 spiro atoms. The Kier molecular flexibility index (Phi) is 6.55. The molecule has 0 fully saturated rings. The van der Waals surface area contributed by atoms with Gasteiger partial charge in [-0.3, -0.25) is 9.59 Å². The second-order valence-electron chi connectivity index (χ2n) is 2.24. The molecule has 0 aromatic carbocycles. The number of rotatable bonds is 6. The molecule has 0 saturated heterocycles. The fourth-order valence-corrected chi connectivity index (χ4v) is 0.908. The molecule has 0 bridgehead atoms. The first-order valence-electron chi connectivity index (χ1n) is 3.64. The van der Waals surface area contributed by atoms with Crippen LogP contribution in [0.15, 0.2) is 0 Å². The molecule has 4 nitrogen and oxygen atoms in total. The lowest BCUT2D eigenvalue weighted by molar-refractivity contribution is -0.138. The van der Waals surface area contributed by atoms with Gasteiger partial charge in [0.2, 0.25) is 5.91 Å². The van der Waals surface area contributed by atoms with Crippen LogP contribution in [0, 0.1) is 0 Å². The molecule has 0 aromatic rings. The predicted molar refractivity (Wildman–Crippen MR) is 48.3 cm³/mol. The lowest BCUT2D eigenvalue weighted by Crippen LogP contribution is -2.25. The Labute approximate surface area is 75.7 Å². The highest BCUT2D eigenvalue weighted by molar-refractivity contribution is 7.98. The van der Waals surface area contributed by atoms with Gasteiger partial charge in [-0.15, -0.1) is 0 Å². The van der Waals surface area contributed by atoms with E-state index in [1.165, 1.54) is 0 Å². The van der Waals surface area contributed by atoms with Crippen LogP contribution in [-0.4, -0.2) is 35.5 Å². The van der Waals surface area contributed by atoms with Crippen molar-refractivity contribution in [2.24, 2.45) is 0 Å². The zero-order valence-electron chi connectivity index (χ0n) is 7.00. The molecule has 5 heteroatoms. The minimum atomic E-state index is -0.935. The largest absolute Gasteiger partial charge is 0.481 e. The third-order valence-electron chi connectivity index (χ3n) is 1.19. The highest BCUT2D eigenvalue weighted by Gasteiger charge is 2.03. The third-order valence-corrected chi connectivity index (χ3v) is 1.81. The molecule has 0 aromatic heterocycles. The summed E-state index contributed by atoms with van der Waals surface area (Å²) in [7, 11) is 0. The number of hydrogen-bond acceptors (Lipinski definition) is 3. The Morgan fingerprint density at radius 1 is 1.42 bits per heavy atom. The van der Waals surface area contributed by atoms with Crippen molar-refractivity contribution in [1.82, 2.24) is 5.32 Å². The summed E-state index contributed by atoms with van der Waals surface area (Å²) in [6, 6.07) is 0. The van der Waals surface area contributed by atoms with Crippen LogP contribution in [0.5, 0.6) is 0 Å². The second kappa shape index (κ2) is 6.97. The van der Waals surface area contributed by atoms with E-state index < -0.39 is 5.97 Å². The number of carboxylic acids is 1. The Balaban J connectivity index is 3.28. The van der Waals surface area contributed by atoms with E-state index in [9.17, 15) is 9.59 Å². The summed E-state index contributed by atoms with van der Waals surface area (Å²) in [6.07, 6.45) is 1.93. The van der Waals surface area contributed by atoms with E-state index in [-0.39, 0.29) is 18.7 Å². The first kappa shape index (κ1) is 11.3. The molecule has 0 aliphatic rings. The van der Waals surface area contributed by atoms with Crippen molar-refractivity contribution in [3.63, 3.8) is 0 Å².